The fraction of sp³-hybridized carbons (Fsp3) is 0.600. The largest absolute Gasteiger partial charge is 0.666 e. The Bertz CT molecular complexity index is 160. The van der Waals surface area contributed by atoms with Crippen LogP contribution in [0.25, 0.3) is 5.73 Å². The molecule has 5 nitrogen and oxygen atoms in total. The van der Waals surface area contributed by atoms with Gasteiger partial charge in [-0.2, -0.15) is 0 Å². The fourth-order valence-corrected chi connectivity index (χ4v) is 0.390. The molecule has 6 heteroatoms. The summed E-state index contributed by atoms with van der Waals surface area (Å²) in [5.74, 6) is -1.60. The average Bonchev–Trinajstić information content (AvgIpc) is 1.84. The van der Waals surface area contributed by atoms with Crippen molar-refractivity contribution >= 4 is 11.8 Å². The molecule has 0 aliphatic carbocycles. The van der Waals surface area contributed by atoms with Crippen molar-refractivity contribution in [2.45, 2.75) is 6.04 Å². The zero-order valence-electron chi connectivity index (χ0n) is 6.50. The van der Waals surface area contributed by atoms with E-state index in [2.05, 4.69) is 0 Å². The SMILES string of the molecule is CN(C)C(=O)C(N)C([NH-])=O.[Y]. The monoisotopic (exact) mass is 233 g/mol. The molecule has 0 aromatic rings. The molecule has 0 aliphatic heterocycles. The number of hydrogen-bond acceptors (Lipinski definition) is 3. The number of nitrogens with one attached hydrogen (secondary N) is 1. The van der Waals surface area contributed by atoms with Gasteiger partial charge in [0.1, 0.15) is 6.04 Å². The Morgan fingerprint density at radius 2 is 1.82 bits per heavy atom. The van der Waals surface area contributed by atoms with Gasteiger partial charge in [0.25, 0.3) is 0 Å². The molecule has 1 unspecified atom stereocenters. The number of hydrogen-bond donors (Lipinski definition) is 1. The number of carbonyl (C=O) groups is 2. The molecule has 0 aliphatic rings. The maximum Gasteiger partial charge on any atom is 0.244 e. The first-order chi connectivity index (χ1) is 4.46. The predicted molar refractivity (Wildman–Crippen MR) is 36.0 cm³/mol. The van der Waals surface area contributed by atoms with E-state index in [-0.39, 0.29) is 32.7 Å². The van der Waals surface area contributed by atoms with E-state index in [1.807, 2.05) is 0 Å². The first kappa shape index (κ1) is 13.6. The Hall–Kier alpha value is 0.00390. The molecule has 11 heavy (non-hydrogen) atoms. The number of carbonyl (C=O) groups excluding carboxylic acids is 2. The molecule has 0 fully saturated rings. The minimum atomic E-state index is -1.32. The number of rotatable bonds is 2. The Morgan fingerprint density at radius 1 is 1.45 bits per heavy atom. The third-order valence-corrected chi connectivity index (χ3v) is 0.989. The fourth-order valence-electron chi connectivity index (χ4n) is 0.390. The molecular weight excluding hydrogens is 223 g/mol. The van der Waals surface area contributed by atoms with Gasteiger partial charge in [0, 0.05) is 46.8 Å². The van der Waals surface area contributed by atoms with E-state index < -0.39 is 17.9 Å². The molecule has 0 rings (SSSR count). The number of nitrogens with two attached hydrogens (primary N) is 1. The molecule has 3 N–H and O–H groups in total. The molecule has 2 amide bonds. The van der Waals surface area contributed by atoms with Crippen LogP contribution in [0.4, 0.5) is 0 Å². The van der Waals surface area contributed by atoms with Crippen LogP contribution < -0.4 is 5.73 Å². The van der Waals surface area contributed by atoms with Crippen molar-refractivity contribution in [3.05, 3.63) is 5.73 Å². The van der Waals surface area contributed by atoms with Crippen LogP contribution in [0.2, 0.25) is 0 Å². The van der Waals surface area contributed by atoms with Gasteiger partial charge in [-0.3, -0.25) is 4.79 Å². The molecule has 61 valence electrons. The third kappa shape index (κ3) is 4.45. The summed E-state index contributed by atoms with van der Waals surface area (Å²) in [6.45, 7) is 0. The van der Waals surface area contributed by atoms with Crippen molar-refractivity contribution in [2.75, 3.05) is 14.1 Å². The second-order valence-corrected chi connectivity index (χ2v) is 2.07. The van der Waals surface area contributed by atoms with Crippen molar-refractivity contribution in [3.8, 4) is 0 Å². The summed E-state index contributed by atoms with van der Waals surface area (Å²) in [6, 6.07) is -1.32. The summed E-state index contributed by atoms with van der Waals surface area (Å²) in [7, 11) is 2.95. The van der Waals surface area contributed by atoms with Crippen LogP contribution >= 0.6 is 0 Å². The van der Waals surface area contributed by atoms with Gasteiger partial charge in [-0.25, -0.2) is 0 Å². The molecule has 0 spiro atoms. The van der Waals surface area contributed by atoms with Crippen molar-refractivity contribution in [1.29, 1.82) is 0 Å². The maximum atomic E-state index is 10.7. The molecular formula is C5H10N3O2Y-. The Labute approximate surface area is 90.3 Å². The predicted octanol–water partition coefficient (Wildman–Crippen LogP) is -1.02. The van der Waals surface area contributed by atoms with Gasteiger partial charge in [0.15, 0.2) is 0 Å². The maximum absolute atomic E-state index is 10.7. The van der Waals surface area contributed by atoms with E-state index in [0.717, 1.165) is 0 Å². The van der Waals surface area contributed by atoms with E-state index in [4.69, 9.17) is 11.5 Å². The zero-order chi connectivity index (χ0) is 8.31. The van der Waals surface area contributed by atoms with Crippen LogP contribution in [0.15, 0.2) is 0 Å². The summed E-state index contributed by atoms with van der Waals surface area (Å²) in [6.07, 6.45) is 0. The van der Waals surface area contributed by atoms with Crippen LogP contribution in [-0.4, -0.2) is 36.9 Å². The van der Waals surface area contributed by atoms with E-state index >= 15 is 0 Å². The van der Waals surface area contributed by atoms with Gasteiger partial charge in [-0.1, -0.05) is 0 Å². The van der Waals surface area contributed by atoms with E-state index in [1.165, 1.54) is 19.0 Å². The van der Waals surface area contributed by atoms with Crippen LogP contribution in [0, 0.1) is 0 Å². The smallest absolute Gasteiger partial charge is 0.244 e. The van der Waals surface area contributed by atoms with Gasteiger partial charge < -0.3 is 21.2 Å². The molecule has 0 saturated heterocycles. The van der Waals surface area contributed by atoms with Gasteiger partial charge in [0.05, 0.1) is 5.91 Å². The molecule has 0 heterocycles. The molecule has 0 bridgehead atoms. The summed E-state index contributed by atoms with van der Waals surface area (Å²) in [5, 5.41) is 0. The number of likely N-dealkylation sites (N-methyl/N-ethyl adjacent to an activating group) is 1. The van der Waals surface area contributed by atoms with Crippen LogP contribution in [-0.2, 0) is 42.3 Å². The van der Waals surface area contributed by atoms with Gasteiger partial charge in [-0.15, -0.1) is 0 Å². The second kappa shape index (κ2) is 5.63. The number of amides is 2. The molecule has 1 atom stereocenters. The first-order valence-electron chi connectivity index (χ1n) is 2.69. The Balaban J connectivity index is 0. The topological polar surface area (TPSA) is 87.2 Å². The van der Waals surface area contributed by atoms with E-state index in [1.54, 1.807) is 0 Å². The van der Waals surface area contributed by atoms with Crippen molar-refractivity contribution in [1.82, 2.24) is 4.90 Å². The standard InChI is InChI=1S/C5H11N3O2.Y/c1-8(2)5(10)3(6)4(7)9;/h3H,6H2,1-2H3,(H2,7,9);/p-1. The van der Waals surface area contributed by atoms with Crippen LogP contribution in [0.5, 0.6) is 0 Å². The Morgan fingerprint density at radius 3 is 1.91 bits per heavy atom. The Kier molecular flexibility index (Phi) is 6.95. The average molecular weight is 233 g/mol. The van der Waals surface area contributed by atoms with Crippen LogP contribution in [0.1, 0.15) is 0 Å². The molecule has 0 aromatic carbocycles. The van der Waals surface area contributed by atoms with E-state index in [9.17, 15) is 9.59 Å². The molecule has 0 aromatic heterocycles. The van der Waals surface area contributed by atoms with E-state index in [0.29, 0.717) is 0 Å². The minimum absolute atomic E-state index is 0. The molecule has 0 saturated carbocycles. The summed E-state index contributed by atoms with van der Waals surface area (Å²) in [5.41, 5.74) is 11.5. The summed E-state index contributed by atoms with van der Waals surface area (Å²) >= 11 is 0. The van der Waals surface area contributed by atoms with Gasteiger partial charge in [0.2, 0.25) is 5.91 Å². The minimum Gasteiger partial charge on any atom is -0.666 e. The first-order valence-corrected chi connectivity index (χ1v) is 2.69. The zero-order valence-corrected chi connectivity index (χ0v) is 9.33. The normalized spacial score (nSPS) is 11.2. The second-order valence-electron chi connectivity index (χ2n) is 2.07. The molecule has 1 radical (unpaired) electrons. The van der Waals surface area contributed by atoms with Crippen molar-refractivity contribution in [2.24, 2.45) is 5.73 Å². The third-order valence-electron chi connectivity index (χ3n) is 0.989. The number of nitrogens with zero attached hydrogens (tertiary/aromatic N) is 1. The quantitative estimate of drug-likeness (QED) is 0.619. The van der Waals surface area contributed by atoms with Crippen molar-refractivity contribution in [3.63, 3.8) is 0 Å². The van der Waals surface area contributed by atoms with Gasteiger partial charge >= 0.3 is 0 Å². The van der Waals surface area contributed by atoms with Crippen LogP contribution in [0.3, 0.4) is 0 Å². The van der Waals surface area contributed by atoms with Crippen molar-refractivity contribution < 1.29 is 42.3 Å². The summed E-state index contributed by atoms with van der Waals surface area (Å²) < 4.78 is 0. The summed E-state index contributed by atoms with van der Waals surface area (Å²) in [4.78, 5) is 22.1. The van der Waals surface area contributed by atoms with Gasteiger partial charge in [-0.05, 0) is 0 Å².